The molecule has 0 aliphatic carbocycles. The van der Waals surface area contributed by atoms with Crippen molar-refractivity contribution in [2.24, 2.45) is 0 Å². The summed E-state index contributed by atoms with van der Waals surface area (Å²) >= 11 is 0. The first kappa shape index (κ1) is 9.18. The van der Waals surface area contributed by atoms with E-state index in [0.717, 1.165) is 6.26 Å². The van der Waals surface area contributed by atoms with Crippen LogP contribution < -0.4 is 0 Å². The average Bonchev–Trinajstić information content (AvgIpc) is 1.80. The zero-order valence-corrected chi connectivity index (χ0v) is 6.56. The van der Waals surface area contributed by atoms with Crippen LogP contribution in [0.3, 0.4) is 0 Å². The predicted molar refractivity (Wildman–Crippen MR) is 39.1 cm³/mol. The van der Waals surface area contributed by atoms with Crippen LogP contribution >= 0.6 is 0 Å². The number of allylic oxidation sites excluding steroid dienone is 1. The first-order valence-electron chi connectivity index (χ1n) is 2.71. The number of hydrogen-bond acceptors (Lipinski definition) is 3. The quantitative estimate of drug-likeness (QED) is 0.563. The second-order valence-electron chi connectivity index (χ2n) is 1.97. The van der Waals surface area contributed by atoms with E-state index in [9.17, 15) is 8.42 Å². The molecule has 0 aromatic heterocycles. The summed E-state index contributed by atoms with van der Waals surface area (Å²) in [5, 5.41) is 7.39. The van der Waals surface area contributed by atoms with Crippen molar-refractivity contribution in [1.29, 1.82) is 5.26 Å². The summed E-state index contributed by atoms with van der Waals surface area (Å²) in [5.41, 5.74) is 0. The Kier molecular flexibility index (Phi) is 3.10. The Morgan fingerprint density at radius 3 is 2.40 bits per heavy atom. The molecular weight excluding hydrogens is 150 g/mol. The first-order valence-corrected chi connectivity index (χ1v) is 4.67. The van der Waals surface area contributed by atoms with Gasteiger partial charge in [0.05, 0.1) is 6.07 Å². The Morgan fingerprint density at radius 1 is 1.80 bits per heavy atom. The van der Waals surface area contributed by atoms with Gasteiger partial charge in [0, 0.05) is 6.26 Å². The Bertz CT molecular complexity index is 247. The average molecular weight is 159 g/mol. The first-order chi connectivity index (χ1) is 4.52. The fourth-order valence-corrected chi connectivity index (χ4v) is 1.15. The van der Waals surface area contributed by atoms with E-state index < -0.39 is 15.1 Å². The topological polar surface area (TPSA) is 57.9 Å². The van der Waals surface area contributed by atoms with Crippen molar-refractivity contribution in [3.8, 4) is 6.07 Å². The number of rotatable bonds is 3. The number of nitrogens with zero attached hydrogens (tertiary/aromatic N) is 1. The molecule has 0 aromatic rings. The zero-order chi connectivity index (χ0) is 8.20. The molecule has 3 nitrogen and oxygen atoms in total. The van der Waals surface area contributed by atoms with Gasteiger partial charge in [0.15, 0.2) is 15.1 Å². The lowest BCUT2D eigenvalue weighted by Gasteiger charge is -2.00. The molecule has 0 saturated carbocycles. The third kappa shape index (κ3) is 2.65. The molecule has 0 aromatic carbocycles. The molecule has 0 bridgehead atoms. The molecule has 0 amide bonds. The molecule has 1 atom stereocenters. The van der Waals surface area contributed by atoms with Crippen LogP contribution in [0, 0.1) is 11.3 Å². The van der Waals surface area contributed by atoms with Crippen molar-refractivity contribution < 1.29 is 8.42 Å². The maximum atomic E-state index is 10.7. The molecule has 56 valence electrons. The second kappa shape index (κ2) is 3.37. The van der Waals surface area contributed by atoms with Crippen molar-refractivity contribution in [3.05, 3.63) is 12.7 Å². The van der Waals surface area contributed by atoms with Crippen LogP contribution in [-0.4, -0.2) is 19.9 Å². The molecule has 0 N–H and O–H groups in total. The SMILES string of the molecule is C=CC[C@H](C#N)S(C)(=O)=O. The van der Waals surface area contributed by atoms with Crippen LogP contribution in [0.1, 0.15) is 6.42 Å². The Morgan fingerprint density at radius 2 is 2.30 bits per heavy atom. The van der Waals surface area contributed by atoms with E-state index >= 15 is 0 Å². The zero-order valence-electron chi connectivity index (χ0n) is 5.74. The van der Waals surface area contributed by atoms with Crippen molar-refractivity contribution in [3.63, 3.8) is 0 Å². The van der Waals surface area contributed by atoms with E-state index in [1.807, 2.05) is 0 Å². The van der Waals surface area contributed by atoms with E-state index in [4.69, 9.17) is 5.26 Å². The van der Waals surface area contributed by atoms with Gasteiger partial charge in [-0.05, 0) is 6.42 Å². The monoisotopic (exact) mass is 159 g/mol. The Hall–Kier alpha value is -0.820. The summed E-state index contributed by atoms with van der Waals surface area (Å²) in [4.78, 5) is 0. The molecule has 0 radical (unpaired) electrons. The molecule has 0 heterocycles. The Labute approximate surface area is 60.9 Å². The molecule has 0 unspecified atom stereocenters. The van der Waals surface area contributed by atoms with E-state index in [1.165, 1.54) is 6.08 Å². The second-order valence-corrected chi connectivity index (χ2v) is 4.20. The fraction of sp³-hybridized carbons (Fsp3) is 0.500. The minimum atomic E-state index is -3.21. The highest BCUT2D eigenvalue weighted by molar-refractivity contribution is 7.91. The van der Waals surface area contributed by atoms with Gasteiger partial charge in [-0.15, -0.1) is 6.58 Å². The molecule has 0 saturated heterocycles. The summed E-state index contributed by atoms with van der Waals surface area (Å²) in [6, 6.07) is 1.68. The minimum absolute atomic E-state index is 0.204. The highest BCUT2D eigenvalue weighted by atomic mass is 32.2. The summed E-state index contributed by atoms with van der Waals surface area (Å²) in [6.45, 7) is 3.35. The van der Waals surface area contributed by atoms with Crippen LogP contribution in [0.5, 0.6) is 0 Å². The van der Waals surface area contributed by atoms with E-state index in [2.05, 4.69) is 6.58 Å². The van der Waals surface area contributed by atoms with E-state index in [0.29, 0.717) is 0 Å². The van der Waals surface area contributed by atoms with Crippen molar-refractivity contribution in [2.45, 2.75) is 11.7 Å². The lowest BCUT2D eigenvalue weighted by molar-refractivity contribution is 0.595. The maximum Gasteiger partial charge on any atom is 0.163 e. The highest BCUT2D eigenvalue weighted by Gasteiger charge is 2.17. The molecule has 0 spiro atoms. The fourth-order valence-electron chi connectivity index (χ4n) is 0.475. The summed E-state index contributed by atoms with van der Waals surface area (Å²) in [5.74, 6) is 0. The largest absolute Gasteiger partial charge is 0.228 e. The van der Waals surface area contributed by atoms with Gasteiger partial charge in [0.25, 0.3) is 0 Å². The van der Waals surface area contributed by atoms with Gasteiger partial charge in [-0.25, -0.2) is 8.42 Å². The smallest absolute Gasteiger partial charge is 0.163 e. The van der Waals surface area contributed by atoms with Gasteiger partial charge in [0.2, 0.25) is 0 Å². The molecule has 0 fully saturated rings. The molecule has 0 rings (SSSR count). The van der Waals surface area contributed by atoms with Crippen LogP contribution in [0.2, 0.25) is 0 Å². The molecule has 0 aliphatic rings. The van der Waals surface area contributed by atoms with Gasteiger partial charge >= 0.3 is 0 Å². The molecule has 0 aliphatic heterocycles. The van der Waals surface area contributed by atoms with Crippen LogP contribution in [0.25, 0.3) is 0 Å². The van der Waals surface area contributed by atoms with Gasteiger partial charge < -0.3 is 0 Å². The standard InChI is InChI=1S/C6H9NO2S/c1-3-4-6(5-7)10(2,8)9/h3,6H,1,4H2,2H3/t6-/m1/s1. The Balaban J connectivity index is 4.42. The van der Waals surface area contributed by atoms with E-state index in [-0.39, 0.29) is 6.42 Å². The lowest BCUT2D eigenvalue weighted by atomic mass is 10.3. The van der Waals surface area contributed by atoms with Crippen LogP contribution in [0.15, 0.2) is 12.7 Å². The lowest BCUT2D eigenvalue weighted by Crippen LogP contribution is -2.16. The number of hydrogen-bond donors (Lipinski definition) is 0. The van der Waals surface area contributed by atoms with Crippen LogP contribution in [0.4, 0.5) is 0 Å². The van der Waals surface area contributed by atoms with Crippen molar-refractivity contribution >= 4 is 9.84 Å². The maximum absolute atomic E-state index is 10.7. The third-order valence-electron chi connectivity index (χ3n) is 1.04. The van der Waals surface area contributed by atoms with Crippen molar-refractivity contribution in [2.75, 3.05) is 6.26 Å². The van der Waals surface area contributed by atoms with E-state index in [1.54, 1.807) is 6.07 Å². The summed E-state index contributed by atoms with van der Waals surface area (Å²) in [6.07, 6.45) is 2.68. The summed E-state index contributed by atoms with van der Waals surface area (Å²) in [7, 11) is -3.21. The number of sulfone groups is 1. The molecular formula is C6H9NO2S. The number of nitriles is 1. The minimum Gasteiger partial charge on any atom is -0.228 e. The molecule has 4 heteroatoms. The van der Waals surface area contributed by atoms with Crippen LogP contribution in [-0.2, 0) is 9.84 Å². The molecule has 10 heavy (non-hydrogen) atoms. The van der Waals surface area contributed by atoms with Gasteiger partial charge in [-0.2, -0.15) is 5.26 Å². The summed E-state index contributed by atoms with van der Waals surface area (Å²) < 4.78 is 21.4. The predicted octanol–water partition coefficient (Wildman–Crippen LogP) is 0.499. The normalized spacial score (nSPS) is 13.6. The van der Waals surface area contributed by atoms with Crippen molar-refractivity contribution in [1.82, 2.24) is 0 Å². The third-order valence-corrected chi connectivity index (χ3v) is 2.37. The van der Waals surface area contributed by atoms with Gasteiger partial charge in [-0.1, -0.05) is 6.08 Å². The van der Waals surface area contributed by atoms with Gasteiger partial charge in [0.1, 0.15) is 0 Å². The van der Waals surface area contributed by atoms with Gasteiger partial charge in [-0.3, -0.25) is 0 Å². The highest BCUT2D eigenvalue weighted by Crippen LogP contribution is 2.02.